The third kappa shape index (κ3) is 1.84. The van der Waals surface area contributed by atoms with E-state index in [2.05, 4.69) is 4.98 Å². The Kier molecular flexibility index (Phi) is 2.63. The Labute approximate surface area is 77.7 Å². The minimum absolute atomic E-state index is 0.119. The van der Waals surface area contributed by atoms with Crippen LogP contribution in [0.15, 0.2) is 6.07 Å². The topological polar surface area (TPSA) is 62.7 Å². The molecular weight excluding hydrogens is 200 g/mol. The maximum atomic E-state index is 12.2. The molecule has 0 aliphatic carbocycles. The van der Waals surface area contributed by atoms with Gasteiger partial charge < -0.3 is 5.73 Å². The zero-order valence-corrected chi connectivity index (χ0v) is 7.02. The fourth-order valence-corrected chi connectivity index (χ4v) is 0.972. The van der Waals surface area contributed by atoms with Gasteiger partial charge in [0.05, 0.1) is 10.6 Å². The van der Waals surface area contributed by atoms with E-state index in [9.17, 15) is 8.78 Å². The molecule has 68 valence electrons. The molecule has 0 atom stereocenters. The Morgan fingerprint density at radius 2 is 2.23 bits per heavy atom. The molecular formula is C7H4ClF2N3. The van der Waals surface area contributed by atoms with E-state index in [-0.39, 0.29) is 16.5 Å². The molecule has 0 aliphatic rings. The number of nitrogens with zero attached hydrogens (tertiary/aromatic N) is 2. The number of nitriles is 1. The number of rotatable bonds is 1. The molecule has 0 unspecified atom stereocenters. The van der Waals surface area contributed by atoms with E-state index in [1.807, 2.05) is 0 Å². The van der Waals surface area contributed by atoms with Crippen molar-refractivity contribution in [3.8, 4) is 6.07 Å². The highest BCUT2D eigenvalue weighted by Gasteiger charge is 2.15. The smallest absolute Gasteiger partial charge is 0.267 e. The molecule has 1 rings (SSSR count). The van der Waals surface area contributed by atoms with Crippen molar-refractivity contribution in [3.63, 3.8) is 0 Å². The second kappa shape index (κ2) is 3.54. The average Bonchev–Trinajstić information content (AvgIpc) is 2.07. The number of anilines is 1. The molecule has 3 nitrogen and oxygen atoms in total. The molecule has 0 bridgehead atoms. The van der Waals surface area contributed by atoms with E-state index in [1.54, 1.807) is 6.07 Å². The van der Waals surface area contributed by atoms with Gasteiger partial charge in [-0.2, -0.15) is 5.26 Å². The van der Waals surface area contributed by atoms with Gasteiger partial charge in [-0.05, 0) is 6.07 Å². The van der Waals surface area contributed by atoms with Gasteiger partial charge in [0.25, 0.3) is 6.43 Å². The molecule has 1 heterocycles. The molecule has 0 aromatic carbocycles. The van der Waals surface area contributed by atoms with Crippen LogP contribution in [0.5, 0.6) is 0 Å². The van der Waals surface area contributed by atoms with Gasteiger partial charge in [0.15, 0.2) is 5.69 Å². The van der Waals surface area contributed by atoms with Crippen LogP contribution < -0.4 is 5.73 Å². The van der Waals surface area contributed by atoms with Crippen molar-refractivity contribution in [2.75, 3.05) is 5.73 Å². The molecule has 0 amide bonds. The van der Waals surface area contributed by atoms with E-state index in [0.29, 0.717) is 0 Å². The molecule has 0 saturated heterocycles. The first-order chi connectivity index (χ1) is 6.06. The number of nitrogens with two attached hydrogens (primary N) is 1. The van der Waals surface area contributed by atoms with E-state index >= 15 is 0 Å². The number of nitrogen functional groups attached to an aromatic ring is 1. The largest absolute Gasteiger partial charge is 0.383 e. The number of hydrogen-bond donors (Lipinski definition) is 1. The molecule has 1 aromatic rings. The van der Waals surface area contributed by atoms with Crippen LogP contribution in [-0.2, 0) is 0 Å². The zero-order chi connectivity index (χ0) is 10.0. The summed E-state index contributed by atoms with van der Waals surface area (Å²) in [5, 5.41) is 8.31. The van der Waals surface area contributed by atoms with Gasteiger partial charge in [0.1, 0.15) is 11.9 Å². The molecule has 0 saturated carbocycles. The molecule has 0 fully saturated rings. The highest BCUT2D eigenvalue weighted by atomic mass is 35.5. The summed E-state index contributed by atoms with van der Waals surface area (Å²) < 4.78 is 24.4. The standard InChI is InChI=1S/C7H4ClF2N3/c8-4-1-3(6(9)10)7(12)13-5(4)2-11/h1,6H,(H2,12,13). The Morgan fingerprint density at radius 3 is 2.69 bits per heavy atom. The van der Waals surface area contributed by atoms with Gasteiger partial charge in [0.2, 0.25) is 0 Å². The van der Waals surface area contributed by atoms with Crippen molar-refractivity contribution in [2.24, 2.45) is 0 Å². The molecule has 0 radical (unpaired) electrons. The highest BCUT2D eigenvalue weighted by molar-refractivity contribution is 6.31. The third-order valence-electron chi connectivity index (χ3n) is 1.38. The van der Waals surface area contributed by atoms with Gasteiger partial charge in [0, 0.05) is 0 Å². The lowest BCUT2D eigenvalue weighted by Crippen LogP contribution is -2.00. The first kappa shape index (κ1) is 9.68. The SMILES string of the molecule is N#Cc1nc(N)c(C(F)F)cc1Cl. The molecule has 1 aromatic heterocycles. The minimum atomic E-state index is -2.74. The van der Waals surface area contributed by atoms with Gasteiger partial charge in [-0.15, -0.1) is 0 Å². The first-order valence-electron chi connectivity index (χ1n) is 3.20. The molecule has 0 spiro atoms. The summed E-state index contributed by atoms with van der Waals surface area (Å²) in [6.45, 7) is 0. The summed E-state index contributed by atoms with van der Waals surface area (Å²) in [4.78, 5) is 3.42. The highest BCUT2D eigenvalue weighted by Crippen LogP contribution is 2.27. The minimum Gasteiger partial charge on any atom is -0.383 e. The summed E-state index contributed by atoms with van der Waals surface area (Å²) in [7, 11) is 0. The number of alkyl halides is 2. The average molecular weight is 204 g/mol. The lowest BCUT2D eigenvalue weighted by Gasteiger charge is -2.04. The molecule has 2 N–H and O–H groups in total. The third-order valence-corrected chi connectivity index (χ3v) is 1.67. The van der Waals surface area contributed by atoms with Crippen LogP contribution in [0.4, 0.5) is 14.6 Å². The lowest BCUT2D eigenvalue weighted by molar-refractivity contribution is 0.152. The second-order valence-electron chi connectivity index (χ2n) is 2.21. The van der Waals surface area contributed by atoms with Gasteiger partial charge >= 0.3 is 0 Å². The van der Waals surface area contributed by atoms with Crippen LogP contribution in [0.25, 0.3) is 0 Å². The Bertz CT molecular complexity index is 373. The van der Waals surface area contributed by atoms with E-state index in [4.69, 9.17) is 22.6 Å². The number of halogens is 3. The fraction of sp³-hybridized carbons (Fsp3) is 0.143. The fourth-order valence-electron chi connectivity index (χ4n) is 0.770. The van der Waals surface area contributed by atoms with Crippen molar-refractivity contribution in [1.82, 2.24) is 4.98 Å². The first-order valence-corrected chi connectivity index (χ1v) is 3.58. The Morgan fingerprint density at radius 1 is 1.62 bits per heavy atom. The van der Waals surface area contributed by atoms with Crippen LogP contribution in [0.3, 0.4) is 0 Å². The summed E-state index contributed by atoms with van der Waals surface area (Å²) >= 11 is 5.47. The van der Waals surface area contributed by atoms with Gasteiger partial charge in [-0.25, -0.2) is 13.8 Å². The van der Waals surface area contributed by atoms with Crippen molar-refractivity contribution in [1.29, 1.82) is 5.26 Å². The number of hydrogen-bond acceptors (Lipinski definition) is 3. The summed E-state index contributed by atoms with van der Waals surface area (Å²) in [6, 6.07) is 2.59. The van der Waals surface area contributed by atoms with Crippen LogP contribution in [0.1, 0.15) is 17.7 Å². The maximum absolute atomic E-state index is 12.2. The molecule has 13 heavy (non-hydrogen) atoms. The van der Waals surface area contributed by atoms with Gasteiger partial charge in [-0.1, -0.05) is 11.6 Å². The van der Waals surface area contributed by atoms with Crippen LogP contribution in [-0.4, -0.2) is 4.98 Å². The van der Waals surface area contributed by atoms with Crippen LogP contribution >= 0.6 is 11.6 Å². The monoisotopic (exact) mass is 203 g/mol. The van der Waals surface area contributed by atoms with Crippen LogP contribution in [0, 0.1) is 11.3 Å². The van der Waals surface area contributed by atoms with Crippen LogP contribution in [0.2, 0.25) is 5.02 Å². The Hall–Kier alpha value is -1.41. The molecule has 6 heteroatoms. The normalized spacial score (nSPS) is 10.1. The number of aromatic nitrogens is 1. The van der Waals surface area contributed by atoms with E-state index < -0.39 is 12.0 Å². The maximum Gasteiger partial charge on any atom is 0.267 e. The molecule has 0 aliphatic heterocycles. The van der Waals surface area contributed by atoms with Crippen molar-refractivity contribution in [3.05, 3.63) is 22.3 Å². The zero-order valence-electron chi connectivity index (χ0n) is 6.26. The quantitative estimate of drug-likeness (QED) is 0.761. The second-order valence-corrected chi connectivity index (χ2v) is 2.61. The Balaban J connectivity index is 3.31. The summed E-state index contributed by atoms with van der Waals surface area (Å²) in [6.07, 6.45) is -2.74. The summed E-state index contributed by atoms with van der Waals surface area (Å²) in [5.74, 6) is -0.365. The van der Waals surface area contributed by atoms with Gasteiger partial charge in [-0.3, -0.25) is 0 Å². The van der Waals surface area contributed by atoms with Crippen molar-refractivity contribution >= 4 is 17.4 Å². The number of pyridine rings is 1. The van der Waals surface area contributed by atoms with Crippen molar-refractivity contribution < 1.29 is 8.78 Å². The van der Waals surface area contributed by atoms with E-state index in [0.717, 1.165) is 6.07 Å². The summed E-state index contributed by atoms with van der Waals surface area (Å²) in [5.41, 5.74) is 4.56. The lowest BCUT2D eigenvalue weighted by atomic mass is 10.2. The predicted molar refractivity (Wildman–Crippen MR) is 43.3 cm³/mol. The van der Waals surface area contributed by atoms with Crippen molar-refractivity contribution in [2.45, 2.75) is 6.43 Å². The predicted octanol–water partition coefficient (Wildman–Crippen LogP) is 2.13. The van der Waals surface area contributed by atoms with E-state index in [1.165, 1.54) is 0 Å².